The zero-order chi connectivity index (χ0) is 14.8. The lowest BCUT2D eigenvalue weighted by Gasteiger charge is -2.04. The number of nitrogens with zero attached hydrogens (tertiary/aromatic N) is 2. The van der Waals surface area contributed by atoms with Crippen LogP contribution in [0, 0.1) is 6.92 Å². The number of aryl methyl sites for hydroxylation is 2. The minimum atomic E-state index is 0.216. The monoisotopic (exact) mass is 278 g/mol. The second-order valence-electron chi connectivity index (χ2n) is 5.47. The molecule has 3 aromatic rings. The molecule has 0 atom stereocenters. The van der Waals surface area contributed by atoms with Crippen LogP contribution in [0.3, 0.4) is 0 Å². The summed E-state index contributed by atoms with van der Waals surface area (Å²) in [4.78, 5) is 12.2. The third kappa shape index (κ3) is 3.02. The zero-order valence-corrected chi connectivity index (χ0v) is 12.3. The Kier molecular flexibility index (Phi) is 3.57. The van der Waals surface area contributed by atoms with Crippen molar-refractivity contribution in [1.29, 1.82) is 0 Å². The second kappa shape index (κ2) is 5.52. The van der Waals surface area contributed by atoms with Gasteiger partial charge in [-0.3, -0.25) is 9.48 Å². The van der Waals surface area contributed by atoms with Crippen LogP contribution in [0.5, 0.6) is 0 Å². The summed E-state index contributed by atoms with van der Waals surface area (Å²) in [6, 6.07) is 16.4. The molecule has 3 nitrogen and oxygen atoms in total. The molecule has 0 N–H and O–H groups in total. The topological polar surface area (TPSA) is 34.9 Å². The number of hydrogen-bond donors (Lipinski definition) is 0. The average Bonchev–Trinajstić information content (AvgIpc) is 2.76. The maximum absolute atomic E-state index is 12.2. The van der Waals surface area contributed by atoms with Gasteiger partial charge in [0.1, 0.15) is 5.78 Å². The molecule has 21 heavy (non-hydrogen) atoms. The predicted molar refractivity (Wildman–Crippen MR) is 84.3 cm³/mol. The normalized spacial score (nSPS) is 11.0. The standard InChI is InChI=1S/C18H18N2O/c1-13-9-17(20(2)19-13)12-18(21)11-14-7-8-15-5-3-4-6-16(15)10-14/h3-10H,11-12H2,1-2H3. The number of benzene rings is 2. The molecular weight excluding hydrogens is 260 g/mol. The van der Waals surface area contributed by atoms with Crippen molar-refractivity contribution in [2.24, 2.45) is 7.05 Å². The highest BCUT2D eigenvalue weighted by atomic mass is 16.1. The first-order valence-electron chi connectivity index (χ1n) is 7.11. The number of ketones is 1. The SMILES string of the molecule is Cc1cc(CC(=O)Cc2ccc3ccccc3c2)n(C)n1. The van der Waals surface area contributed by atoms with Gasteiger partial charge in [-0.25, -0.2) is 0 Å². The molecule has 0 spiro atoms. The molecule has 3 rings (SSSR count). The Morgan fingerprint density at radius 1 is 1.05 bits per heavy atom. The number of rotatable bonds is 4. The van der Waals surface area contributed by atoms with E-state index in [0.717, 1.165) is 17.0 Å². The molecule has 0 aliphatic heterocycles. The third-order valence-electron chi connectivity index (χ3n) is 3.69. The highest BCUT2D eigenvalue weighted by Gasteiger charge is 2.09. The van der Waals surface area contributed by atoms with E-state index in [2.05, 4.69) is 29.4 Å². The highest BCUT2D eigenvalue weighted by molar-refractivity contribution is 5.86. The van der Waals surface area contributed by atoms with Crippen LogP contribution >= 0.6 is 0 Å². The largest absolute Gasteiger partial charge is 0.299 e. The summed E-state index contributed by atoms with van der Waals surface area (Å²) < 4.78 is 1.79. The molecule has 0 saturated carbocycles. The van der Waals surface area contributed by atoms with Crippen LogP contribution in [0.4, 0.5) is 0 Å². The van der Waals surface area contributed by atoms with E-state index in [-0.39, 0.29) is 5.78 Å². The second-order valence-corrected chi connectivity index (χ2v) is 5.47. The number of carbonyl (C=O) groups is 1. The molecule has 0 saturated heterocycles. The Balaban J connectivity index is 1.75. The first kappa shape index (κ1) is 13.6. The average molecular weight is 278 g/mol. The molecule has 1 heterocycles. The minimum absolute atomic E-state index is 0.216. The van der Waals surface area contributed by atoms with Gasteiger partial charge in [-0.15, -0.1) is 0 Å². The van der Waals surface area contributed by atoms with Crippen LogP contribution in [0.25, 0.3) is 10.8 Å². The summed E-state index contributed by atoms with van der Waals surface area (Å²) in [5.41, 5.74) is 2.99. The fraction of sp³-hybridized carbons (Fsp3) is 0.222. The first-order chi connectivity index (χ1) is 10.1. The number of fused-ring (bicyclic) bond motifs is 1. The van der Waals surface area contributed by atoms with E-state index in [1.807, 2.05) is 38.2 Å². The summed E-state index contributed by atoms with van der Waals surface area (Å²) in [7, 11) is 1.88. The van der Waals surface area contributed by atoms with Gasteiger partial charge in [0.05, 0.1) is 5.69 Å². The zero-order valence-electron chi connectivity index (χ0n) is 12.3. The Bertz CT molecular complexity index is 802. The van der Waals surface area contributed by atoms with Crippen LogP contribution in [-0.4, -0.2) is 15.6 Å². The number of aromatic nitrogens is 2. The van der Waals surface area contributed by atoms with Gasteiger partial charge in [0.25, 0.3) is 0 Å². The predicted octanol–water partition coefficient (Wildman–Crippen LogP) is 3.24. The van der Waals surface area contributed by atoms with Crippen LogP contribution in [0.1, 0.15) is 17.0 Å². The molecule has 0 bridgehead atoms. The van der Waals surface area contributed by atoms with Crippen molar-refractivity contribution in [1.82, 2.24) is 9.78 Å². The summed E-state index contributed by atoms with van der Waals surface area (Å²) in [6.07, 6.45) is 0.902. The fourth-order valence-corrected chi connectivity index (χ4v) is 2.67. The fourth-order valence-electron chi connectivity index (χ4n) is 2.67. The molecule has 106 valence electrons. The van der Waals surface area contributed by atoms with Crippen molar-refractivity contribution < 1.29 is 4.79 Å². The van der Waals surface area contributed by atoms with Gasteiger partial charge in [0, 0.05) is 25.6 Å². The highest BCUT2D eigenvalue weighted by Crippen LogP contribution is 2.16. The van der Waals surface area contributed by atoms with Crippen LogP contribution < -0.4 is 0 Å². The van der Waals surface area contributed by atoms with E-state index in [1.165, 1.54) is 10.8 Å². The van der Waals surface area contributed by atoms with Gasteiger partial charge < -0.3 is 0 Å². The van der Waals surface area contributed by atoms with Gasteiger partial charge in [0.15, 0.2) is 0 Å². The molecule has 0 unspecified atom stereocenters. The molecule has 0 fully saturated rings. The molecular formula is C18H18N2O. The summed E-state index contributed by atoms with van der Waals surface area (Å²) >= 11 is 0. The Morgan fingerprint density at radius 2 is 1.81 bits per heavy atom. The Hall–Kier alpha value is -2.42. The molecule has 0 amide bonds. The van der Waals surface area contributed by atoms with E-state index < -0.39 is 0 Å². The minimum Gasteiger partial charge on any atom is -0.299 e. The van der Waals surface area contributed by atoms with Crippen LogP contribution in [0.2, 0.25) is 0 Å². The van der Waals surface area contributed by atoms with E-state index in [9.17, 15) is 4.79 Å². The summed E-state index contributed by atoms with van der Waals surface area (Å²) in [5, 5.41) is 6.66. The molecule has 0 radical (unpaired) electrons. The van der Waals surface area contributed by atoms with Crippen molar-refractivity contribution in [2.45, 2.75) is 19.8 Å². The van der Waals surface area contributed by atoms with Crippen molar-refractivity contribution in [2.75, 3.05) is 0 Å². The maximum Gasteiger partial charge on any atom is 0.143 e. The lowest BCUT2D eigenvalue weighted by atomic mass is 10.0. The van der Waals surface area contributed by atoms with Crippen LogP contribution in [0.15, 0.2) is 48.5 Å². The van der Waals surface area contributed by atoms with E-state index >= 15 is 0 Å². The van der Waals surface area contributed by atoms with Gasteiger partial charge in [-0.05, 0) is 29.3 Å². The molecule has 0 aliphatic carbocycles. The van der Waals surface area contributed by atoms with Crippen molar-refractivity contribution in [3.05, 3.63) is 65.5 Å². The van der Waals surface area contributed by atoms with Gasteiger partial charge in [0.2, 0.25) is 0 Å². The molecule has 1 aromatic heterocycles. The maximum atomic E-state index is 12.2. The van der Waals surface area contributed by atoms with Crippen molar-refractivity contribution >= 4 is 16.6 Å². The lowest BCUT2D eigenvalue weighted by molar-refractivity contribution is -0.117. The van der Waals surface area contributed by atoms with Crippen LogP contribution in [-0.2, 0) is 24.7 Å². The third-order valence-corrected chi connectivity index (χ3v) is 3.69. The van der Waals surface area contributed by atoms with Crippen molar-refractivity contribution in [3.63, 3.8) is 0 Å². The number of carbonyl (C=O) groups excluding carboxylic acids is 1. The van der Waals surface area contributed by atoms with E-state index in [0.29, 0.717) is 12.8 Å². The van der Waals surface area contributed by atoms with Crippen molar-refractivity contribution in [3.8, 4) is 0 Å². The smallest absolute Gasteiger partial charge is 0.143 e. The molecule has 0 aliphatic rings. The van der Waals surface area contributed by atoms with E-state index in [4.69, 9.17) is 0 Å². The quantitative estimate of drug-likeness (QED) is 0.734. The molecule has 3 heteroatoms. The van der Waals surface area contributed by atoms with Gasteiger partial charge in [-0.2, -0.15) is 5.10 Å². The number of Topliss-reactive ketones (excluding diaryl/α,β-unsaturated/α-hetero) is 1. The first-order valence-corrected chi connectivity index (χ1v) is 7.11. The summed E-state index contributed by atoms with van der Waals surface area (Å²) in [6.45, 7) is 1.94. The summed E-state index contributed by atoms with van der Waals surface area (Å²) in [5.74, 6) is 0.216. The van der Waals surface area contributed by atoms with Gasteiger partial charge in [-0.1, -0.05) is 42.5 Å². The van der Waals surface area contributed by atoms with E-state index in [1.54, 1.807) is 4.68 Å². The Labute approximate surface area is 124 Å². The number of hydrogen-bond acceptors (Lipinski definition) is 2. The lowest BCUT2D eigenvalue weighted by Crippen LogP contribution is -2.10. The van der Waals surface area contributed by atoms with Gasteiger partial charge >= 0.3 is 0 Å². The Morgan fingerprint density at radius 3 is 2.52 bits per heavy atom. The molecule has 2 aromatic carbocycles.